The number of benzene rings is 1. The van der Waals surface area contributed by atoms with Gasteiger partial charge in [-0.05, 0) is 42.9 Å². The van der Waals surface area contributed by atoms with Gasteiger partial charge in [0.2, 0.25) is 5.95 Å². The summed E-state index contributed by atoms with van der Waals surface area (Å²) < 4.78 is -0.812. The summed E-state index contributed by atoms with van der Waals surface area (Å²) in [5, 5.41) is 14.7. The second-order valence-corrected chi connectivity index (χ2v) is 12.9. The lowest BCUT2D eigenvalue weighted by Gasteiger charge is -2.30. The molecule has 0 saturated carbocycles. The number of carboxylic acids is 1. The molecule has 0 amide bonds. The van der Waals surface area contributed by atoms with Crippen molar-refractivity contribution in [2.45, 2.75) is 49.6 Å². The fourth-order valence-electron chi connectivity index (χ4n) is 3.67. The molecule has 1 unspecified atom stereocenters. The summed E-state index contributed by atoms with van der Waals surface area (Å²) in [4.78, 5) is 29.8. The quantitative estimate of drug-likeness (QED) is 0.316. The molecule has 1 aliphatic rings. The maximum atomic E-state index is 11.6. The van der Waals surface area contributed by atoms with E-state index in [0.29, 0.717) is 12.5 Å². The van der Waals surface area contributed by atoms with Crippen molar-refractivity contribution in [3.05, 3.63) is 70.5 Å². The van der Waals surface area contributed by atoms with Crippen molar-refractivity contribution in [3.63, 3.8) is 0 Å². The van der Waals surface area contributed by atoms with E-state index < -0.39 is 10.7 Å². The number of thiazole rings is 1. The van der Waals surface area contributed by atoms with Crippen LogP contribution in [0.5, 0.6) is 0 Å². The van der Waals surface area contributed by atoms with Gasteiger partial charge in [-0.15, -0.1) is 23.1 Å². The maximum Gasteiger partial charge on any atom is 0.319 e. The Bertz CT molecular complexity index is 1200. The molecule has 4 rings (SSSR count). The summed E-state index contributed by atoms with van der Waals surface area (Å²) >= 11 is 4.76. The van der Waals surface area contributed by atoms with Gasteiger partial charge in [-0.2, -0.15) is 0 Å². The van der Waals surface area contributed by atoms with E-state index >= 15 is 0 Å². The number of anilines is 1. The van der Waals surface area contributed by atoms with E-state index in [-0.39, 0.29) is 4.71 Å². The first-order chi connectivity index (χ1) is 17.3. The van der Waals surface area contributed by atoms with Gasteiger partial charge in [0.1, 0.15) is 14.5 Å². The third-order valence-electron chi connectivity index (χ3n) is 6.00. The highest BCUT2D eigenvalue weighted by molar-refractivity contribution is 8.19. The van der Waals surface area contributed by atoms with Crippen molar-refractivity contribution in [2.75, 3.05) is 18.5 Å². The molecule has 3 aromatic rings. The Hall–Kier alpha value is -2.56. The molecule has 10 heteroatoms. The van der Waals surface area contributed by atoms with Crippen molar-refractivity contribution in [1.82, 2.24) is 19.9 Å². The SMILES string of the molecule is CCc1cnc(N(CCC2=CSC(SC(C)(C)C(=O)O)N2C)Cc2cccc(-c3nccs3)c2)nc1. The molecule has 7 nitrogen and oxygen atoms in total. The van der Waals surface area contributed by atoms with Crippen LogP contribution in [-0.2, 0) is 17.8 Å². The Kier molecular flexibility index (Phi) is 8.58. The van der Waals surface area contributed by atoms with E-state index in [9.17, 15) is 9.90 Å². The Morgan fingerprint density at radius 1 is 1.22 bits per heavy atom. The van der Waals surface area contributed by atoms with E-state index in [1.54, 1.807) is 36.9 Å². The second-order valence-electron chi connectivity index (χ2n) is 9.05. The Morgan fingerprint density at radius 3 is 2.67 bits per heavy atom. The van der Waals surface area contributed by atoms with Crippen molar-refractivity contribution < 1.29 is 9.90 Å². The van der Waals surface area contributed by atoms with Crippen molar-refractivity contribution >= 4 is 46.8 Å². The lowest BCUT2D eigenvalue weighted by atomic mass is 10.1. The molecule has 1 N–H and O–H groups in total. The maximum absolute atomic E-state index is 11.6. The molecule has 1 aliphatic heterocycles. The van der Waals surface area contributed by atoms with Crippen LogP contribution in [0, 0.1) is 0 Å². The molecule has 1 atom stereocenters. The number of hydrogen-bond donors (Lipinski definition) is 1. The number of carboxylic acid groups (broad SMARTS) is 1. The topological polar surface area (TPSA) is 82.5 Å². The van der Waals surface area contributed by atoms with Crippen LogP contribution >= 0.6 is 34.9 Å². The highest BCUT2D eigenvalue weighted by atomic mass is 32.2. The van der Waals surface area contributed by atoms with E-state index in [1.807, 2.05) is 31.0 Å². The summed E-state index contributed by atoms with van der Waals surface area (Å²) in [5.41, 5.74) is 4.58. The van der Waals surface area contributed by atoms with E-state index in [4.69, 9.17) is 0 Å². The lowest BCUT2D eigenvalue weighted by Crippen LogP contribution is -2.34. The zero-order valence-corrected chi connectivity index (χ0v) is 23.4. The number of aromatic nitrogens is 3. The summed E-state index contributed by atoms with van der Waals surface area (Å²) in [6, 6.07) is 8.47. The summed E-state index contributed by atoms with van der Waals surface area (Å²) in [6.45, 7) is 7.03. The number of aliphatic carboxylic acids is 1. The van der Waals surface area contributed by atoms with Crippen LogP contribution < -0.4 is 4.90 Å². The monoisotopic (exact) mass is 541 g/mol. The Morgan fingerprint density at radius 2 is 2.00 bits per heavy atom. The molecule has 3 heterocycles. The van der Waals surface area contributed by atoms with Gasteiger partial charge in [0, 0.05) is 61.8 Å². The normalized spacial score (nSPS) is 15.7. The molecule has 0 saturated heterocycles. The van der Waals surface area contributed by atoms with Crippen LogP contribution in [0.15, 0.2) is 59.3 Å². The highest BCUT2D eigenvalue weighted by Crippen LogP contribution is 2.43. The van der Waals surface area contributed by atoms with Crippen LogP contribution in [0.2, 0.25) is 0 Å². The molecule has 1 aromatic carbocycles. The fraction of sp³-hybridized carbons (Fsp3) is 0.385. The molecule has 190 valence electrons. The van der Waals surface area contributed by atoms with Crippen LogP contribution in [-0.4, -0.2) is 54.0 Å². The molecule has 36 heavy (non-hydrogen) atoms. The zero-order valence-electron chi connectivity index (χ0n) is 20.9. The summed E-state index contributed by atoms with van der Waals surface area (Å²) in [5.74, 6) is -0.0903. The second kappa shape index (κ2) is 11.7. The van der Waals surface area contributed by atoms with Gasteiger partial charge in [-0.25, -0.2) is 15.0 Å². The number of carbonyl (C=O) groups is 1. The molecule has 0 bridgehead atoms. The Labute approximate surface area is 225 Å². The Balaban J connectivity index is 1.48. The predicted molar refractivity (Wildman–Crippen MR) is 151 cm³/mol. The summed E-state index contributed by atoms with van der Waals surface area (Å²) in [6.07, 6.45) is 7.34. The van der Waals surface area contributed by atoms with Crippen molar-refractivity contribution in [2.24, 2.45) is 0 Å². The average molecular weight is 542 g/mol. The average Bonchev–Trinajstić information content (AvgIpc) is 3.53. The van der Waals surface area contributed by atoms with Gasteiger partial charge in [-0.3, -0.25) is 4.79 Å². The zero-order chi connectivity index (χ0) is 25.7. The first-order valence-corrected chi connectivity index (χ1v) is 14.5. The number of nitrogens with zero attached hydrogens (tertiary/aromatic N) is 5. The number of hydrogen-bond acceptors (Lipinski definition) is 9. The van der Waals surface area contributed by atoms with Crippen LogP contribution in [0.1, 0.15) is 38.3 Å². The summed E-state index contributed by atoms with van der Waals surface area (Å²) in [7, 11) is 2.04. The van der Waals surface area contributed by atoms with Gasteiger partial charge in [0.25, 0.3) is 0 Å². The smallest absolute Gasteiger partial charge is 0.319 e. The third-order valence-corrected chi connectivity index (χ3v) is 9.68. The van der Waals surface area contributed by atoms with Gasteiger partial charge in [-0.1, -0.05) is 36.9 Å². The number of rotatable bonds is 11. The van der Waals surface area contributed by atoms with Gasteiger partial charge < -0.3 is 14.9 Å². The van der Waals surface area contributed by atoms with Crippen LogP contribution in [0.25, 0.3) is 10.6 Å². The molecular formula is C26H31N5O2S3. The van der Waals surface area contributed by atoms with Crippen LogP contribution in [0.4, 0.5) is 5.95 Å². The first kappa shape index (κ1) is 26.5. The lowest BCUT2D eigenvalue weighted by molar-refractivity contribution is -0.138. The minimum absolute atomic E-state index is 0.0367. The molecule has 2 aromatic heterocycles. The molecule has 0 spiro atoms. The largest absolute Gasteiger partial charge is 0.480 e. The molecule has 0 radical (unpaired) electrons. The van der Waals surface area contributed by atoms with Crippen LogP contribution in [0.3, 0.4) is 0 Å². The molecule has 0 fully saturated rings. The highest BCUT2D eigenvalue weighted by Gasteiger charge is 2.35. The molecule has 0 aliphatic carbocycles. The first-order valence-electron chi connectivity index (χ1n) is 11.8. The minimum Gasteiger partial charge on any atom is -0.480 e. The van der Waals surface area contributed by atoms with Gasteiger partial charge in [0.05, 0.1) is 0 Å². The molecular weight excluding hydrogens is 511 g/mol. The van der Waals surface area contributed by atoms with Crippen molar-refractivity contribution in [1.29, 1.82) is 0 Å². The van der Waals surface area contributed by atoms with Gasteiger partial charge >= 0.3 is 5.97 Å². The number of aryl methyl sites for hydroxylation is 1. The van der Waals surface area contributed by atoms with E-state index in [2.05, 4.69) is 61.3 Å². The number of thioether (sulfide) groups is 2. The third kappa shape index (κ3) is 6.41. The van der Waals surface area contributed by atoms with E-state index in [0.717, 1.165) is 35.5 Å². The minimum atomic E-state index is -0.849. The van der Waals surface area contributed by atoms with E-state index in [1.165, 1.54) is 23.0 Å². The fourth-order valence-corrected chi connectivity index (χ4v) is 7.19. The van der Waals surface area contributed by atoms with Crippen molar-refractivity contribution in [3.8, 4) is 10.6 Å². The standard InChI is InChI=1S/C26H31N5O2S3/c1-5-18-14-28-24(29-15-18)31(16-19-7-6-8-20(13-19)22-27-10-12-34-22)11-9-21-17-35-25(30(21)4)36-26(2,3)23(32)33/h6-8,10,12-15,17,25H,5,9,11,16H2,1-4H3,(H,32,33). The predicted octanol–water partition coefficient (Wildman–Crippen LogP) is 5.96. The van der Waals surface area contributed by atoms with Gasteiger partial charge in [0.15, 0.2) is 0 Å².